The SMILES string of the molecule is CC.CC.CC.CC[C@@H](C)C(=O)N[C@H](C(=O)N1Cc2cc(OC)ccc2C[C@H]1C(=O)NC1CCCc2ccccc21)C(C)(C)C.CC[C@@H](NC(=O)[C@@H]1C[C@H](NC)CN1CC(NC(=O)[C@H](C)NC)C(C)(C)C)c1ccccc1.CNCC(=O)C[C@H](C(=O)C1CCC[C@H]1c1nc(C(=O)c2ccc(F)cc2)cs1)C1CCN(C)CC1. The van der Waals surface area contributed by atoms with Gasteiger partial charge in [0.1, 0.15) is 40.9 Å². The maximum atomic E-state index is 14.3. The van der Waals surface area contributed by atoms with Crippen LogP contribution < -0.4 is 42.0 Å². The number of carbonyl (C=O) groups excluding carboxylic acids is 8. The molecule has 22 heteroatoms. The van der Waals surface area contributed by atoms with Crippen molar-refractivity contribution in [3.8, 4) is 5.75 Å². The molecule has 1 saturated carbocycles. The van der Waals surface area contributed by atoms with Gasteiger partial charge in [-0.2, -0.15) is 0 Å². The number of ketones is 3. The average molecular weight is 1570 g/mol. The summed E-state index contributed by atoms with van der Waals surface area (Å²) in [5, 5.41) is 24.6. The molecule has 3 aliphatic heterocycles. The molecule has 5 aliphatic rings. The van der Waals surface area contributed by atoms with Crippen LogP contribution in [0.5, 0.6) is 5.75 Å². The Morgan fingerprint density at radius 1 is 0.705 bits per heavy atom. The summed E-state index contributed by atoms with van der Waals surface area (Å²) in [5.74, 6) is -0.563. The number of rotatable bonds is 27. The molecule has 3 unspecified atom stereocenters. The number of benzene rings is 4. The summed E-state index contributed by atoms with van der Waals surface area (Å²) in [6.45, 7) is 35.9. The summed E-state index contributed by atoms with van der Waals surface area (Å²) in [6, 6.07) is 27.8. The Morgan fingerprint density at radius 2 is 1.37 bits per heavy atom. The fourth-order valence-electron chi connectivity index (χ4n) is 15.4. The van der Waals surface area contributed by atoms with Gasteiger partial charge in [-0.1, -0.05) is 171 Å². The largest absolute Gasteiger partial charge is 0.497 e. The number of nitrogens with zero attached hydrogens (tertiary/aromatic N) is 4. The summed E-state index contributed by atoms with van der Waals surface area (Å²) in [5.41, 5.74) is 5.58. The van der Waals surface area contributed by atoms with E-state index in [0.29, 0.717) is 42.8 Å². The van der Waals surface area contributed by atoms with Crippen LogP contribution in [0.3, 0.4) is 0 Å². The molecule has 12 atom stereocenters. The van der Waals surface area contributed by atoms with Crippen molar-refractivity contribution in [2.75, 3.05) is 68.0 Å². The topological polar surface area (TPSA) is 253 Å². The van der Waals surface area contributed by atoms with Gasteiger partial charge in [0.05, 0.1) is 42.8 Å². The van der Waals surface area contributed by atoms with E-state index >= 15 is 0 Å². The Kier molecular flexibility index (Phi) is 39.6. The van der Waals surface area contributed by atoms with E-state index in [1.165, 1.54) is 41.2 Å². The number of hydrogen-bond donors (Lipinski definition) is 7. The van der Waals surface area contributed by atoms with Crippen molar-refractivity contribution in [1.29, 1.82) is 0 Å². The molecule has 5 amide bonds. The zero-order chi connectivity index (χ0) is 83.2. The van der Waals surface area contributed by atoms with Crippen molar-refractivity contribution >= 4 is 58.2 Å². The zero-order valence-electron chi connectivity index (χ0n) is 71.5. The van der Waals surface area contributed by atoms with Crippen molar-refractivity contribution in [1.82, 2.24) is 56.9 Å². The molecule has 620 valence electrons. The van der Waals surface area contributed by atoms with Gasteiger partial charge in [-0.05, 0) is 193 Å². The van der Waals surface area contributed by atoms with Crippen molar-refractivity contribution in [3.63, 3.8) is 0 Å². The molecule has 2 aliphatic carbocycles. The van der Waals surface area contributed by atoms with Crippen molar-refractivity contribution in [2.45, 2.75) is 255 Å². The van der Waals surface area contributed by atoms with E-state index in [0.717, 1.165) is 111 Å². The van der Waals surface area contributed by atoms with Crippen LogP contribution in [0.25, 0.3) is 0 Å². The molecule has 3 fully saturated rings. The number of likely N-dealkylation sites (N-methyl/N-ethyl adjacent to an activating group) is 3. The molecule has 20 nitrogen and oxygen atoms in total. The average Bonchev–Trinajstić information content (AvgIpc) is 1.06. The van der Waals surface area contributed by atoms with Gasteiger partial charge in [0.25, 0.3) is 0 Å². The van der Waals surface area contributed by atoms with E-state index in [1.807, 2.05) is 139 Å². The highest BCUT2D eigenvalue weighted by Crippen LogP contribution is 2.45. The molecular formula is C90H138FN11O9S. The Balaban J connectivity index is 0.000000292. The third kappa shape index (κ3) is 26.7. The number of thiazole rings is 1. The summed E-state index contributed by atoms with van der Waals surface area (Å²) in [7, 11) is 9.20. The number of halogens is 1. The Bertz CT molecular complexity index is 3760. The van der Waals surface area contributed by atoms with Crippen LogP contribution in [-0.2, 0) is 52.9 Å². The van der Waals surface area contributed by atoms with E-state index in [-0.39, 0.29) is 137 Å². The zero-order valence-corrected chi connectivity index (χ0v) is 72.3. The molecule has 0 bridgehead atoms. The van der Waals surface area contributed by atoms with Crippen molar-refractivity contribution in [3.05, 3.63) is 152 Å². The Labute approximate surface area is 674 Å². The smallest absolute Gasteiger partial charge is 0.246 e. The lowest BCUT2D eigenvalue weighted by molar-refractivity contribution is -0.147. The third-order valence-electron chi connectivity index (χ3n) is 22.5. The lowest BCUT2D eigenvalue weighted by Gasteiger charge is -2.41. The van der Waals surface area contributed by atoms with Crippen LogP contribution in [0.15, 0.2) is 102 Å². The Morgan fingerprint density at radius 3 is 1.97 bits per heavy atom. The van der Waals surface area contributed by atoms with Gasteiger partial charge in [-0.25, -0.2) is 9.37 Å². The number of hydrogen-bond acceptors (Lipinski definition) is 16. The number of fused-ring (bicyclic) bond motifs is 2. The minimum Gasteiger partial charge on any atom is -0.497 e. The lowest BCUT2D eigenvalue weighted by Crippen LogP contribution is -2.61. The van der Waals surface area contributed by atoms with Gasteiger partial charge >= 0.3 is 0 Å². The Hall–Kier alpha value is -7.60. The minimum atomic E-state index is -0.767. The number of Topliss-reactive ketones (excluding diaryl/α,β-unsaturated/α-hetero) is 2. The quantitative estimate of drug-likeness (QED) is 0.0241. The molecule has 112 heavy (non-hydrogen) atoms. The fourth-order valence-corrected chi connectivity index (χ4v) is 16.4. The van der Waals surface area contributed by atoms with Gasteiger partial charge in [0, 0.05) is 79.2 Å². The predicted molar refractivity (Wildman–Crippen MR) is 451 cm³/mol. The van der Waals surface area contributed by atoms with Crippen molar-refractivity contribution < 1.29 is 47.5 Å². The standard InChI is InChI=1S/C32H43N3O4.C27H34FN3O3S.C25H43N5O2.3C2H6/c1-7-20(2)29(36)34-28(32(3,4)5)31(38)35-19-23-17-24(39-6)16-15-22(23)18-27(35)30(37)33-26-14-10-12-21-11-8-9-13-25(21)26;1-29-15-20(32)14-23(17-10-12-31(2)13-11-17)26(34)21-4-3-5-22(21)27-30-24(16-35-27)25(33)18-6-8-19(28)9-7-18;1-8-20(18-12-10-9-11-13-18)28-24(32)21-14-19(27-7)15-30(21)16-22(25(3,4)5)29-23(31)17(2)26-6;3*1-2/h8-9,11,13,15-17,20,26-28H,7,10,12,14,18-19H2,1-6H3,(H,33,37)(H,34,36);6-9,16-17,21-23,29H,3-5,10-15H2,1-2H3;9-13,17,19-22,26-27H,8,14-16H2,1-7H3,(H,28,32)(H,29,31);3*1-2H3/t20-,26?,27+,28-;21?,22-,23+;17-,19-,20+,21-,22?;;;/m110.../s1. The predicted octanol–water partition coefficient (Wildman–Crippen LogP) is 14.0. The molecule has 4 heterocycles. The molecule has 2 saturated heterocycles. The molecule has 4 aromatic carbocycles. The van der Waals surface area contributed by atoms with Crippen LogP contribution >= 0.6 is 11.3 Å². The van der Waals surface area contributed by atoms with Gasteiger partial charge in [-0.15, -0.1) is 11.3 Å². The molecular weight excluding hydrogens is 1430 g/mol. The number of aryl methyl sites for hydroxylation is 1. The number of likely N-dealkylation sites (tertiary alicyclic amines) is 2. The number of ether oxygens (including phenoxy) is 1. The van der Waals surface area contributed by atoms with Crippen LogP contribution in [0.4, 0.5) is 4.39 Å². The second-order valence-electron chi connectivity index (χ2n) is 32.1. The summed E-state index contributed by atoms with van der Waals surface area (Å²) < 4.78 is 18.7. The van der Waals surface area contributed by atoms with E-state index in [2.05, 4.69) is 111 Å². The maximum absolute atomic E-state index is 14.3. The van der Waals surface area contributed by atoms with Gasteiger partial charge in [-0.3, -0.25) is 43.3 Å². The summed E-state index contributed by atoms with van der Waals surface area (Å²) >= 11 is 1.42. The van der Waals surface area contributed by atoms with E-state index in [9.17, 15) is 42.7 Å². The first-order chi connectivity index (χ1) is 53.5. The van der Waals surface area contributed by atoms with Crippen LogP contribution in [0.2, 0.25) is 0 Å². The van der Waals surface area contributed by atoms with E-state index in [4.69, 9.17) is 4.74 Å². The minimum absolute atomic E-state index is 0.00576. The number of nitrogens with one attached hydrogen (secondary N) is 7. The highest BCUT2D eigenvalue weighted by Gasteiger charge is 2.46. The monoisotopic (exact) mass is 1570 g/mol. The molecule has 5 aromatic rings. The molecule has 0 spiro atoms. The molecule has 7 N–H and O–H groups in total. The number of amides is 5. The molecule has 1 aromatic heterocycles. The first kappa shape index (κ1) is 95.0. The number of aromatic nitrogens is 1. The first-order valence-corrected chi connectivity index (χ1v) is 42.4. The van der Waals surface area contributed by atoms with Gasteiger partial charge < -0.3 is 51.8 Å². The number of methoxy groups -OCH3 is 1. The molecule has 10 rings (SSSR count). The van der Waals surface area contributed by atoms with Crippen molar-refractivity contribution in [2.24, 2.45) is 34.5 Å². The maximum Gasteiger partial charge on any atom is 0.246 e. The number of carbonyl (C=O) groups is 8. The summed E-state index contributed by atoms with van der Waals surface area (Å²) in [4.78, 5) is 117. The van der Waals surface area contributed by atoms with E-state index in [1.54, 1.807) is 31.5 Å². The lowest BCUT2D eigenvalue weighted by atomic mass is 9.74. The van der Waals surface area contributed by atoms with E-state index < -0.39 is 17.5 Å². The first-order valence-electron chi connectivity index (χ1n) is 41.5. The highest BCUT2D eigenvalue weighted by atomic mass is 32.1. The third-order valence-corrected chi connectivity index (χ3v) is 23.5. The second-order valence-corrected chi connectivity index (χ2v) is 33.0. The van der Waals surface area contributed by atoms with Gasteiger partial charge in [0.2, 0.25) is 35.3 Å². The normalized spacial score (nSPS) is 20.5. The van der Waals surface area contributed by atoms with Crippen LogP contribution in [-0.4, -0.2) is 171 Å². The highest BCUT2D eigenvalue weighted by molar-refractivity contribution is 7.10. The van der Waals surface area contributed by atoms with Crippen LogP contribution in [0, 0.1) is 40.3 Å². The fraction of sp³-hybridized carbons (Fsp3) is 0.611. The van der Waals surface area contributed by atoms with Gasteiger partial charge in [0.15, 0.2) is 0 Å². The summed E-state index contributed by atoms with van der Waals surface area (Å²) in [6.07, 6.45) is 10.3. The number of piperidine rings is 1. The van der Waals surface area contributed by atoms with Crippen LogP contribution in [0.1, 0.15) is 248 Å². The molecule has 0 radical (unpaired) electrons. The second kappa shape index (κ2) is 46.7.